The molecule has 2 spiro atoms. The van der Waals surface area contributed by atoms with Crippen LogP contribution in [0.4, 0.5) is 0 Å². The highest BCUT2D eigenvalue weighted by molar-refractivity contribution is 6.05. The molecule has 7 rings (SSSR count). The third kappa shape index (κ3) is 1.23. The van der Waals surface area contributed by atoms with E-state index in [1.165, 1.54) is 0 Å². The zero-order valence-electron chi connectivity index (χ0n) is 15.5. The van der Waals surface area contributed by atoms with Gasteiger partial charge in [-0.1, -0.05) is 20.8 Å². The van der Waals surface area contributed by atoms with Crippen molar-refractivity contribution in [3.8, 4) is 0 Å². The van der Waals surface area contributed by atoms with E-state index >= 15 is 0 Å². The molecule has 0 unspecified atom stereocenters. The first-order valence-corrected chi connectivity index (χ1v) is 9.92. The van der Waals surface area contributed by atoms with Crippen molar-refractivity contribution in [2.24, 2.45) is 17.3 Å². The molecule has 9 atom stereocenters. The maximum absolute atomic E-state index is 13.7. The topological polar surface area (TPSA) is 101 Å². The molecule has 5 fully saturated rings. The van der Waals surface area contributed by atoms with Crippen molar-refractivity contribution >= 4 is 11.8 Å². The Bertz CT molecular complexity index is 893. The number of ether oxygens (including phenoxy) is 4. The predicted octanol–water partition coefficient (Wildman–Crippen LogP) is 0.282. The van der Waals surface area contributed by atoms with Gasteiger partial charge in [0.05, 0.1) is 17.8 Å². The van der Waals surface area contributed by atoms with Gasteiger partial charge in [0, 0.05) is 5.41 Å². The maximum atomic E-state index is 13.7. The lowest BCUT2D eigenvalue weighted by Crippen LogP contribution is -2.68. The van der Waals surface area contributed by atoms with Crippen LogP contribution in [-0.4, -0.2) is 64.7 Å². The third-order valence-corrected chi connectivity index (χ3v) is 8.81. The van der Waals surface area contributed by atoms with E-state index in [4.69, 9.17) is 18.9 Å². The Morgan fingerprint density at radius 2 is 1.93 bits per heavy atom. The summed E-state index contributed by atoms with van der Waals surface area (Å²) in [5, 5.41) is 10.8. The third-order valence-electron chi connectivity index (χ3n) is 8.81. The highest BCUT2D eigenvalue weighted by Gasteiger charge is 3.01. The fraction of sp³-hybridized carbons (Fsp3) is 0.800. The lowest BCUT2D eigenvalue weighted by molar-refractivity contribution is -0.141. The van der Waals surface area contributed by atoms with Gasteiger partial charge in [0.25, 0.3) is 0 Å². The minimum Gasteiger partial charge on any atom is -0.458 e. The number of aliphatic hydroxyl groups excluding tert-OH is 1. The zero-order valence-corrected chi connectivity index (χ0v) is 15.5. The Morgan fingerprint density at radius 1 is 1.15 bits per heavy atom. The molecule has 0 aromatic carbocycles. The number of carbonyl (C=O) groups is 2. The van der Waals surface area contributed by atoms with E-state index in [9.17, 15) is 14.7 Å². The molecule has 2 saturated carbocycles. The van der Waals surface area contributed by atoms with Crippen molar-refractivity contribution in [1.82, 2.24) is 0 Å². The standard InChI is InChI=1S/C20H22O7/c1-7(2)18-13(26-18)14-20(27-14)17(3)5-10(21)12-8(6-24-15(12)22)9(17)4-11-19(20,25-11)16(18)23/h7,9-11,13-14,21H,4-6H2,1-3H3/t9-,10-,11-,13-,14-,17-,18-,19+,20+/m0/s1. The van der Waals surface area contributed by atoms with Gasteiger partial charge in [-0.25, -0.2) is 4.79 Å². The number of hydrogen-bond donors (Lipinski definition) is 1. The van der Waals surface area contributed by atoms with Gasteiger partial charge < -0.3 is 24.1 Å². The first-order valence-electron chi connectivity index (χ1n) is 9.92. The summed E-state index contributed by atoms with van der Waals surface area (Å²) in [5.41, 5.74) is -1.72. The Balaban J connectivity index is 1.41. The molecular formula is C20H22O7. The molecule has 0 aromatic rings. The number of carbonyl (C=O) groups excluding carboxylic acids is 2. The molecular weight excluding hydrogens is 352 g/mol. The Morgan fingerprint density at radius 3 is 2.67 bits per heavy atom. The SMILES string of the molecule is CC(C)[C@]12O[C@H]1[C@@H]1O[C@@]13[C@@]1(C)C[C@H](O)C4=C(COC4=O)[C@@H]1C[C@@H]1O[C@@]13C2=O. The van der Waals surface area contributed by atoms with E-state index < -0.39 is 34.3 Å². The van der Waals surface area contributed by atoms with Crippen molar-refractivity contribution in [1.29, 1.82) is 0 Å². The summed E-state index contributed by atoms with van der Waals surface area (Å²) >= 11 is 0. The molecule has 4 heterocycles. The Labute approximate surface area is 156 Å². The van der Waals surface area contributed by atoms with Gasteiger partial charge in [0.2, 0.25) is 5.78 Å². The minimum absolute atomic E-state index is 0.00562. The summed E-state index contributed by atoms with van der Waals surface area (Å²) in [4.78, 5) is 25.8. The second-order valence-corrected chi connectivity index (χ2v) is 9.87. The number of hydrogen-bond acceptors (Lipinski definition) is 7. The van der Waals surface area contributed by atoms with E-state index in [1.807, 2.05) is 13.8 Å². The lowest BCUT2D eigenvalue weighted by Gasteiger charge is -2.52. The lowest BCUT2D eigenvalue weighted by atomic mass is 9.46. The number of cyclic esters (lactones) is 1. The number of esters is 1. The molecule has 7 aliphatic rings. The van der Waals surface area contributed by atoms with Crippen LogP contribution in [0.15, 0.2) is 11.1 Å². The van der Waals surface area contributed by atoms with Crippen LogP contribution < -0.4 is 0 Å². The number of fused-ring (bicyclic) bond motifs is 4. The van der Waals surface area contributed by atoms with Crippen molar-refractivity contribution in [2.75, 3.05) is 6.61 Å². The van der Waals surface area contributed by atoms with Crippen LogP contribution in [0.3, 0.4) is 0 Å². The van der Waals surface area contributed by atoms with Crippen molar-refractivity contribution < 1.29 is 33.6 Å². The highest BCUT2D eigenvalue weighted by atomic mass is 16.7. The van der Waals surface area contributed by atoms with E-state index in [-0.39, 0.29) is 42.5 Å². The maximum Gasteiger partial charge on any atom is 0.337 e. The molecule has 27 heavy (non-hydrogen) atoms. The smallest absolute Gasteiger partial charge is 0.337 e. The molecule has 4 aliphatic heterocycles. The molecule has 0 aromatic heterocycles. The quantitative estimate of drug-likeness (QED) is 0.520. The first-order chi connectivity index (χ1) is 12.8. The van der Waals surface area contributed by atoms with Crippen LogP contribution in [0.5, 0.6) is 0 Å². The average molecular weight is 374 g/mol. The van der Waals surface area contributed by atoms with Crippen LogP contribution in [0.1, 0.15) is 33.6 Å². The van der Waals surface area contributed by atoms with E-state index in [0.717, 1.165) is 5.57 Å². The van der Waals surface area contributed by atoms with E-state index in [2.05, 4.69) is 6.92 Å². The molecule has 0 amide bonds. The monoisotopic (exact) mass is 374 g/mol. The summed E-state index contributed by atoms with van der Waals surface area (Å²) in [7, 11) is 0. The molecule has 144 valence electrons. The summed E-state index contributed by atoms with van der Waals surface area (Å²) < 4.78 is 23.8. The predicted molar refractivity (Wildman–Crippen MR) is 87.5 cm³/mol. The van der Waals surface area contributed by atoms with Gasteiger partial charge in [0.1, 0.15) is 24.4 Å². The molecule has 7 heteroatoms. The largest absolute Gasteiger partial charge is 0.458 e. The summed E-state index contributed by atoms with van der Waals surface area (Å²) in [6.45, 7) is 6.33. The van der Waals surface area contributed by atoms with Crippen LogP contribution in [0.25, 0.3) is 0 Å². The molecule has 3 saturated heterocycles. The van der Waals surface area contributed by atoms with Gasteiger partial charge in [-0.2, -0.15) is 0 Å². The van der Waals surface area contributed by atoms with E-state index in [0.29, 0.717) is 18.4 Å². The minimum atomic E-state index is -0.957. The number of epoxide rings is 3. The van der Waals surface area contributed by atoms with Gasteiger partial charge in [-0.15, -0.1) is 0 Å². The van der Waals surface area contributed by atoms with E-state index in [1.54, 1.807) is 0 Å². The Kier molecular flexibility index (Phi) is 2.26. The summed E-state index contributed by atoms with van der Waals surface area (Å²) in [5.74, 6) is -0.315. The van der Waals surface area contributed by atoms with Gasteiger partial charge in [-0.3, -0.25) is 4.79 Å². The average Bonchev–Trinajstić information content (AvgIpc) is 3.48. The first kappa shape index (κ1) is 15.6. The van der Waals surface area contributed by atoms with Gasteiger partial charge >= 0.3 is 5.97 Å². The second-order valence-electron chi connectivity index (χ2n) is 9.87. The molecule has 1 N–H and O–H groups in total. The second kappa shape index (κ2) is 3.90. The molecule has 0 radical (unpaired) electrons. The van der Waals surface area contributed by atoms with Crippen LogP contribution in [0.2, 0.25) is 0 Å². The number of ketones is 1. The molecule has 3 aliphatic carbocycles. The summed E-state index contributed by atoms with van der Waals surface area (Å²) in [6, 6.07) is 0. The van der Waals surface area contributed by atoms with Gasteiger partial charge in [-0.05, 0) is 30.3 Å². The van der Waals surface area contributed by atoms with Crippen molar-refractivity contribution in [3.05, 3.63) is 11.1 Å². The fourth-order valence-corrected chi connectivity index (χ4v) is 7.51. The van der Waals surface area contributed by atoms with Crippen molar-refractivity contribution in [2.45, 2.75) is 74.8 Å². The van der Waals surface area contributed by atoms with Crippen LogP contribution >= 0.6 is 0 Å². The number of aliphatic hydroxyl groups is 1. The molecule has 0 bridgehead atoms. The number of rotatable bonds is 1. The van der Waals surface area contributed by atoms with Gasteiger partial charge in [0.15, 0.2) is 11.2 Å². The molecule has 7 nitrogen and oxygen atoms in total. The normalized spacial score (nSPS) is 61.3. The van der Waals surface area contributed by atoms with Crippen LogP contribution in [0, 0.1) is 17.3 Å². The summed E-state index contributed by atoms with van der Waals surface area (Å²) in [6.07, 6.45) is -0.508. The van der Waals surface area contributed by atoms with Crippen LogP contribution in [-0.2, 0) is 28.5 Å². The fourth-order valence-electron chi connectivity index (χ4n) is 7.51. The zero-order chi connectivity index (χ0) is 18.7. The highest BCUT2D eigenvalue weighted by Crippen LogP contribution is 2.81. The number of Topliss-reactive ketones (excluding diaryl/α,β-unsaturated/α-hetero) is 1. The van der Waals surface area contributed by atoms with Crippen molar-refractivity contribution in [3.63, 3.8) is 0 Å². The Hall–Kier alpha value is -1.28.